The molecule has 0 spiro atoms. The van der Waals surface area contributed by atoms with E-state index in [-0.39, 0.29) is 12.0 Å². The molecule has 0 unspecified atom stereocenters. The number of rotatable bonds is 3. The number of carbonyl (C=O) groups excluding carboxylic acids is 1. The topological polar surface area (TPSA) is 55.6 Å². The summed E-state index contributed by atoms with van der Waals surface area (Å²) in [5, 5.41) is 0.670. The number of nitrogens with two attached hydrogens (primary N) is 1. The fraction of sp³-hybridized carbons (Fsp3) is 0.462. The molecule has 18 heavy (non-hydrogen) atoms. The molecule has 1 aliphatic rings. The quantitative estimate of drug-likeness (QED) is 0.847. The molecule has 1 aliphatic heterocycles. The first-order chi connectivity index (χ1) is 8.60. The number of hydrogen-bond donors (Lipinski definition) is 1. The number of hydrogen-bond acceptors (Lipinski definition) is 4. The average molecular weight is 269 g/mol. The third-order valence-corrected chi connectivity index (χ3v) is 3.54. The monoisotopic (exact) mass is 268 g/mol. The number of methoxy groups -OCH3 is 1. The lowest BCUT2D eigenvalue weighted by Crippen LogP contribution is -2.26. The van der Waals surface area contributed by atoms with E-state index in [1.54, 1.807) is 18.2 Å². The van der Waals surface area contributed by atoms with E-state index in [0.717, 1.165) is 31.6 Å². The van der Waals surface area contributed by atoms with Crippen LogP contribution in [0.1, 0.15) is 22.3 Å². The summed E-state index contributed by atoms with van der Waals surface area (Å²) in [6, 6.07) is 5.44. The zero-order valence-corrected chi connectivity index (χ0v) is 11.1. The van der Waals surface area contributed by atoms with Gasteiger partial charge >= 0.3 is 5.97 Å². The summed E-state index contributed by atoms with van der Waals surface area (Å²) in [7, 11) is 1.37. The summed E-state index contributed by atoms with van der Waals surface area (Å²) in [5.41, 5.74) is 7.33. The largest absolute Gasteiger partial charge is 0.465 e. The molecule has 1 saturated heterocycles. The molecule has 1 aromatic carbocycles. The lowest BCUT2D eigenvalue weighted by atomic mass is 10.1. The van der Waals surface area contributed by atoms with E-state index in [4.69, 9.17) is 22.1 Å². The maximum absolute atomic E-state index is 11.5. The van der Waals surface area contributed by atoms with Crippen molar-refractivity contribution in [1.29, 1.82) is 0 Å². The number of esters is 1. The summed E-state index contributed by atoms with van der Waals surface area (Å²) in [5.74, 6) is -0.342. The molecule has 1 fully saturated rings. The third kappa shape index (κ3) is 3.02. The third-order valence-electron chi connectivity index (χ3n) is 3.17. The first-order valence-corrected chi connectivity index (χ1v) is 6.32. The van der Waals surface area contributed by atoms with E-state index in [0.29, 0.717) is 10.6 Å². The van der Waals surface area contributed by atoms with Crippen molar-refractivity contribution < 1.29 is 9.53 Å². The van der Waals surface area contributed by atoms with Gasteiger partial charge in [0.2, 0.25) is 0 Å². The van der Waals surface area contributed by atoms with Gasteiger partial charge in [0, 0.05) is 30.7 Å². The Balaban J connectivity index is 2.13. The van der Waals surface area contributed by atoms with Gasteiger partial charge in [0.25, 0.3) is 0 Å². The highest BCUT2D eigenvalue weighted by Gasteiger charge is 2.20. The van der Waals surface area contributed by atoms with Gasteiger partial charge < -0.3 is 10.5 Å². The molecule has 0 aliphatic carbocycles. The minimum absolute atomic E-state index is 0.243. The maximum atomic E-state index is 11.5. The molecule has 2 rings (SSSR count). The Morgan fingerprint density at radius 2 is 2.39 bits per heavy atom. The molecule has 2 N–H and O–H groups in total. The highest BCUT2D eigenvalue weighted by Crippen LogP contribution is 2.21. The molecular formula is C13H17ClN2O2. The number of ether oxygens (including phenoxy) is 1. The normalized spacial score (nSPS) is 20.1. The molecule has 0 saturated carbocycles. The van der Waals surface area contributed by atoms with Gasteiger partial charge in [-0.2, -0.15) is 0 Å². The van der Waals surface area contributed by atoms with Crippen LogP contribution >= 0.6 is 11.6 Å². The van der Waals surface area contributed by atoms with Crippen molar-refractivity contribution in [2.75, 3.05) is 20.2 Å². The van der Waals surface area contributed by atoms with Crippen LogP contribution in [0.25, 0.3) is 0 Å². The van der Waals surface area contributed by atoms with Crippen LogP contribution in [-0.2, 0) is 11.3 Å². The molecular weight excluding hydrogens is 252 g/mol. The Morgan fingerprint density at radius 3 is 3.00 bits per heavy atom. The summed E-state index contributed by atoms with van der Waals surface area (Å²) in [6.45, 7) is 2.57. The highest BCUT2D eigenvalue weighted by atomic mass is 35.5. The van der Waals surface area contributed by atoms with Gasteiger partial charge in [0.1, 0.15) is 0 Å². The Morgan fingerprint density at radius 1 is 1.61 bits per heavy atom. The lowest BCUT2D eigenvalue weighted by molar-refractivity contribution is 0.0600. The summed E-state index contributed by atoms with van der Waals surface area (Å²) in [4.78, 5) is 13.7. The Labute approximate surface area is 112 Å². The van der Waals surface area contributed by atoms with Crippen molar-refractivity contribution in [3.63, 3.8) is 0 Å². The fourth-order valence-corrected chi connectivity index (χ4v) is 2.37. The van der Waals surface area contributed by atoms with Crippen LogP contribution in [0.5, 0.6) is 0 Å². The van der Waals surface area contributed by atoms with Crippen molar-refractivity contribution in [2.24, 2.45) is 5.73 Å². The molecule has 0 aromatic heterocycles. The predicted molar refractivity (Wildman–Crippen MR) is 70.7 cm³/mol. The first kappa shape index (κ1) is 13.3. The molecule has 1 atom stereocenters. The Bertz CT molecular complexity index is 451. The Hall–Kier alpha value is -1.10. The second kappa shape index (κ2) is 5.69. The number of likely N-dealkylation sites (tertiary alicyclic amines) is 1. The van der Waals surface area contributed by atoms with E-state index in [1.807, 2.05) is 0 Å². The molecule has 4 nitrogen and oxygen atoms in total. The minimum atomic E-state index is -0.342. The van der Waals surface area contributed by atoms with Crippen LogP contribution in [-0.4, -0.2) is 37.1 Å². The smallest absolute Gasteiger partial charge is 0.337 e. The van der Waals surface area contributed by atoms with Crippen molar-refractivity contribution in [1.82, 2.24) is 4.90 Å². The van der Waals surface area contributed by atoms with Gasteiger partial charge in [0.15, 0.2) is 0 Å². The number of halogens is 1. The van der Waals surface area contributed by atoms with Crippen LogP contribution in [0.2, 0.25) is 5.02 Å². The van der Waals surface area contributed by atoms with Crippen molar-refractivity contribution in [3.05, 3.63) is 34.3 Å². The van der Waals surface area contributed by atoms with Crippen LogP contribution in [0.4, 0.5) is 0 Å². The zero-order valence-electron chi connectivity index (χ0n) is 10.4. The molecule has 98 valence electrons. The van der Waals surface area contributed by atoms with Gasteiger partial charge in [-0.25, -0.2) is 4.79 Å². The zero-order chi connectivity index (χ0) is 13.1. The van der Waals surface area contributed by atoms with Gasteiger partial charge in [-0.15, -0.1) is 0 Å². The molecule has 5 heteroatoms. The summed E-state index contributed by atoms with van der Waals surface area (Å²) < 4.78 is 4.70. The van der Waals surface area contributed by atoms with Crippen molar-refractivity contribution >= 4 is 17.6 Å². The highest BCUT2D eigenvalue weighted by molar-refractivity contribution is 6.31. The van der Waals surface area contributed by atoms with Gasteiger partial charge in [-0.1, -0.05) is 11.6 Å². The van der Waals surface area contributed by atoms with E-state index >= 15 is 0 Å². The summed E-state index contributed by atoms with van der Waals surface area (Å²) >= 11 is 6.15. The number of nitrogens with zero attached hydrogens (tertiary/aromatic N) is 1. The SMILES string of the molecule is COC(=O)c1ccc(Cl)c(CN2CC[C@H](N)C2)c1. The standard InChI is InChI=1S/C13H17ClN2O2/c1-18-13(17)9-2-3-12(14)10(6-9)7-16-5-4-11(15)8-16/h2-3,6,11H,4-5,7-8,15H2,1H3/t11-/m0/s1. The average Bonchev–Trinajstić information content (AvgIpc) is 2.76. The molecule has 0 bridgehead atoms. The number of benzene rings is 1. The number of carbonyl (C=O) groups is 1. The predicted octanol–water partition coefficient (Wildman–Crippen LogP) is 1.66. The molecule has 0 radical (unpaired) electrons. The minimum Gasteiger partial charge on any atom is -0.465 e. The van der Waals surface area contributed by atoms with E-state index in [9.17, 15) is 4.79 Å². The van der Waals surface area contributed by atoms with Gasteiger partial charge in [0.05, 0.1) is 12.7 Å². The van der Waals surface area contributed by atoms with Crippen LogP contribution in [0.3, 0.4) is 0 Å². The van der Waals surface area contributed by atoms with Gasteiger partial charge in [-0.05, 0) is 30.2 Å². The Kier molecular flexibility index (Phi) is 4.22. The molecule has 1 aromatic rings. The van der Waals surface area contributed by atoms with Crippen molar-refractivity contribution in [3.8, 4) is 0 Å². The van der Waals surface area contributed by atoms with Crippen molar-refractivity contribution in [2.45, 2.75) is 19.0 Å². The summed E-state index contributed by atoms with van der Waals surface area (Å²) in [6.07, 6.45) is 1.01. The van der Waals surface area contributed by atoms with Crippen LogP contribution in [0.15, 0.2) is 18.2 Å². The molecule has 1 heterocycles. The van der Waals surface area contributed by atoms with Crippen LogP contribution in [0, 0.1) is 0 Å². The molecule has 0 amide bonds. The second-order valence-electron chi connectivity index (χ2n) is 4.58. The van der Waals surface area contributed by atoms with Gasteiger partial charge in [-0.3, -0.25) is 4.90 Å². The first-order valence-electron chi connectivity index (χ1n) is 5.95. The second-order valence-corrected chi connectivity index (χ2v) is 4.99. The fourth-order valence-electron chi connectivity index (χ4n) is 2.19. The van der Waals surface area contributed by atoms with Crippen LogP contribution < -0.4 is 5.73 Å². The maximum Gasteiger partial charge on any atom is 0.337 e. The van der Waals surface area contributed by atoms with E-state index in [2.05, 4.69) is 4.90 Å². The lowest BCUT2D eigenvalue weighted by Gasteiger charge is -2.16. The van der Waals surface area contributed by atoms with E-state index < -0.39 is 0 Å². The van der Waals surface area contributed by atoms with E-state index in [1.165, 1.54) is 7.11 Å².